The van der Waals surface area contributed by atoms with E-state index in [0.717, 1.165) is 26.3 Å². The van der Waals surface area contributed by atoms with Gasteiger partial charge in [0.05, 0.1) is 19.8 Å². The smallest absolute Gasteiger partial charge is 0.176 e. The molecule has 3 nitrogen and oxygen atoms in total. The molecule has 0 spiro atoms. The molecule has 1 fully saturated rings. The van der Waals surface area contributed by atoms with Gasteiger partial charge in [-0.2, -0.15) is 0 Å². The van der Waals surface area contributed by atoms with E-state index in [1.165, 1.54) is 0 Å². The van der Waals surface area contributed by atoms with Gasteiger partial charge in [-0.25, -0.2) is 0 Å². The summed E-state index contributed by atoms with van der Waals surface area (Å²) in [5.74, 6) is 6.17. The van der Waals surface area contributed by atoms with E-state index in [1.807, 2.05) is 12.1 Å². The minimum absolute atomic E-state index is 0.555. The lowest BCUT2D eigenvalue weighted by atomic mass is 9.87. The minimum atomic E-state index is -1.44. The highest BCUT2D eigenvalue weighted by molar-refractivity contribution is 6.30. The van der Waals surface area contributed by atoms with Gasteiger partial charge >= 0.3 is 0 Å². The molecule has 1 N–H and O–H groups in total. The van der Waals surface area contributed by atoms with E-state index in [2.05, 4.69) is 16.7 Å². The third-order valence-corrected chi connectivity index (χ3v) is 4.67. The molecule has 3 rings (SSSR count). The second kappa shape index (κ2) is 8.23. The predicted molar refractivity (Wildman–Crippen MR) is 101 cm³/mol. The summed E-state index contributed by atoms with van der Waals surface area (Å²) in [4.78, 5) is 2.21. The highest BCUT2D eigenvalue weighted by Gasteiger charge is 2.29. The standard InChI is InChI=1S/C20H19Cl2NO2/c21-18-7-5-16(6-8-18)20(24,17-3-1-4-19(22)15-17)9-2-10-23-11-13-25-14-12-23/h1,3-8,15,24H,10-14H2/t20-/m1/s1. The van der Waals surface area contributed by atoms with E-state index in [1.54, 1.807) is 36.4 Å². The van der Waals surface area contributed by atoms with Crippen LogP contribution in [0, 0.1) is 11.8 Å². The molecular formula is C20H19Cl2NO2. The molecule has 1 saturated heterocycles. The van der Waals surface area contributed by atoms with Gasteiger partial charge in [0.2, 0.25) is 0 Å². The second-order valence-corrected chi connectivity index (χ2v) is 6.79. The van der Waals surface area contributed by atoms with Gasteiger partial charge in [0.1, 0.15) is 0 Å². The van der Waals surface area contributed by atoms with Crippen LogP contribution in [0.5, 0.6) is 0 Å². The van der Waals surface area contributed by atoms with Crippen molar-refractivity contribution in [1.29, 1.82) is 0 Å². The zero-order valence-corrected chi connectivity index (χ0v) is 15.2. The summed E-state index contributed by atoms with van der Waals surface area (Å²) < 4.78 is 5.34. The third-order valence-electron chi connectivity index (χ3n) is 4.18. The van der Waals surface area contributed by atoms with Crippen LogP contribution in [0.15, 0.2) is 48.5 Å². The first-order valence-corrected chi connectivity index (χ1v) is 8.88. The summed E-state index contributed by atoms with van der Waals surface area (Å²) in [7, 11) is 0. The maximum absolute atomic E-state index is 11.4. The lowest BCUT2D eigenvalue weighted by Gasteiger charge is -2.26. The van der Waals surface area contributed by atoms with Crippen molar-refractivity contribution in [3.63, 3.8) is 0 Å². The Kier molecular flexibility index (Phi) is 6.01. The van der Waals surface area contributed by atoms with Crippen molar-refractivity contribution in [2.75, 3.05) is 32.8 Å². The Morgan fingerprint density at radius 2 is 1.72 bits per heavy atom. The van der Waals surface area contributed by atoms with Crippen LogP contribution in [-0.2, 0) is 10.3 Å². The number of nitrogens with zero attached hydrogens (tertiary/aromatic N) is 1. The van der Waals surface area contributed by atoms with E-state index in [0.29, 0.717) is 27.7 Å². The molecule has 130 valence electrons. The first-order valence-electron chi connectivity index (χ1n) is 8.12. The van der Waals surface area contributed by atoms with Crippen molar-refractivity contribution in [3.05, 3.63) is 69.7 Å². The summed E-state index contributed by atoms with van der Waals surface area (Å²) in [5.41, 5.74) is -0.146. The van der Waals surface area contributed by atoms with E-state index < -0.39 is 5.60 Å². The van der Waals surface area contributed by atoms with Gasteiger partial charge in [-0.05, 0) is 24.3 Å². The van der Waals surface area contributed by atoms with Crippen LogP contribution in [0.4, 0.5) is 0 Å². The van der Waals surface area contributed by atoms with Crippen LogP contribution < -0.4 is 0 Å². The van der Waals surface area contributed by atoms with Crippen molar-refractivity contribution in [2.24, 2.45) is 0 Å². The summed E-state index contributed by atoms with van der Waals surface area (Å²) >= 11 is 12.1. The Bertz CT molecular complexity index is 776. The molecule has 1 atom stereocenters. The summed E-state index contributed by atoms with van der Waals surface area (Å²) in [6.07, 6.45) is 0. The number of aliphatic hydroxyl groups is 1. The molecule has 5 heteroatoms. The first-order chi connectivity index (χ1) is 12.1. The Hall–Kier alpha value is -1.54. The van der Waals surface area contributed by atoms with Crippen LogP contribution >= 0.6 is 23.2 Å². The molecule has 1 heterocycles. The van der Waals surface area contributed by atoms with E-state index in [9.17, 15) is 5.11 Å². The average Bonchev–Trinajstić information content (AvgIpc) is 2.63. The number of hydrogen-bond donors (Lipinski definition) is 1. The summed E-state index contributed by atoms with van der Waals surface area (Å²) in [6.45, 7) is 3.73. The quantitative estimate of drug-likeness (QED) is 0.832. The monoisotopic (exact) mass is 375 g/mol. The summed E-state index contributed by atoms with van der Waals surface area (Å²) in [5, 5.41) is 12.5. The predicted octanol–water partition coefficient (Wildman–Crippen LogP) is 3.56. The topological polar surface area (TPSA) is 32.7 Å². The van der Waals surface area contributed by atoms with E-state index >= 15 is 0 Å². The first kappa shape index (κ1) is 18.3. The minimum Gasteiger partial charge on any atom is -0.379 e. The van der Waals surface area contributed by atoms with Crippen molar-refractivity contribution >= 4 is 23.2 Å². The molecule has 2 aromatic rings. The van der Waals surface area contributed by atoms with Gasteiger partial charge in [-0.3, -0.25) is 4.90 Å². The molecular weight excluding hydrogens is 357 g/mol. The fourth-order valence-electron chi connectivity index (χ4n) is 2.75. The van der Waals surface area contributed by atoms with Gasteiger partial charge in [0, 0.05) is 34.3 Å². The average molecular weight is 376 g/mol. The normalized spacial score (nSPS) is 17.4. The number of benzene rings is 2. The van der Waals surface area contributed by atoms with Crippen molar-refractivity contribution in [1.82, 2.24) is 4.90 Å². The molecule has 0 amide bonds. The lowest BCUT2D eigenvalue weighted by molar-refractivity contribution is 0.0442. The summed E-state index contributed by atoms with van der Waals surface area (Å²) in [6, 6.07) is 14.2. The van der Waals surface area contributed by atoms with Gasteiger partial charge in [-0.1, -0.05) is 59.3 Å². The number of rotatable bonds is 3. The van der Waals surface area contributed by atoms with Crippen LogP contribution in [0.1, 0.15) is 11.1 Å². The molecule has 0 aromatic heterocycles. The maximum atomic E-state index is 11.4. The highest BCUT2D eigenvalue weighted by Crippen LogP contribution is 2.31. The van der Waals surface area contributed by atoms with E-state index in [-0.39, 0.29) is 0 Å². The van der Waals surface area contributed by atoms with Gasteiger partial charge in [0.25, 0.3) is 0 Å². The molecule has 25 heavy (non-hydrogen) atoms. The Balaban J connectivity index is 1.93. The molecule has 0 bridgehead atoms. The molecule has 0 saturated carbocycles. The van der Waals surface area contributed by atoms with Crippen molar-refractivity contribution in [3.8, 4) is 11.8 Å². The molecule has 1 aliphatic rings. The van der Waals surface area contributed by atoms with Gasteiger partial charge in [0.15, 0.2) is 5.60 Å². The largest absolute Gasteiger partial charge is 0.379 e. The fraction of sp³-hybridized carbons (Fsp3) is 0.300. The lowest BCUT2D eigenvalue weighted by Crippen LogP contribution is -2.36. The number of ether oxygens (including phenoxy) is 1. The second-order valence-electron chi connectivity index (χ2n) is 5.92. The van der Waals surface area contributed by atoms with Crippen molar-refractivity contribution < 1.29 is 9.84 Å². The number of halogens is 2. The van der Waals surface area contributed by atoms with E-state index in [4.69, 9.17) is 27.9 Å². The zero-order chi connectivity index (χ0) is 17.7. The van der Waals surface area contributed by atoms with Crippen LogP contribution in [-0.4, -0.2) is 42.9 Å². The Morgan fingerprint density at radius 3 is 2.40 bits per heavy atom. The highest BCUT2D eigenvalue weighted by atomic mass is 35.5. The third kappa shape index (κ3) is 4.55. The van der Waals surface area contributed by atoms with Gasteiger partial charge < -0.3 is 9.84 Å². The fourth-order valence-corrected chi connectivity index (χ4v) is 3.07. The number of morpholine rings is 1. The Labute approximate surface area is 158 Å². The molecule has 0 unspecified atom stereocenters. The molecule has 1 aliphatic heterocycles. The van der Waals surface area contributed by atoms with Crippen LogP contribution in [0.25, 0.3) is 0 Å². The van der Waals surface area contributed by atoms with Crippen LogP contribution in [0.2, 0.25) is 10.0 Å². The van der Waals surface area contributed by atoms with Crippen LogP contribution in [0.3, 0.4) is 0 Å². The van der Waals surface area contributed by atoms with Gasteiger partial charge in [-0.15, -0.1) is 0 Å². The SMILES string of the molecule is O[C@](C#CCN1CCOCC1)(c1ccc(Cl)cc1)c1cccc(Cl)c1. The molecule has 0 radical (unpaired) electrons. The molecule has 0 aliphatic carbocycles. The molecule has 2 aromatic carbocycles. The Morgan fingerprint density at radius 1 is 1.00 bits per heavy atom. The van der Waals surface area contributed by atoms with Crippen molar-refractivity contribution in [2.45, 2.75) is 5.60 Å². The zero-order valence-electron chi connectivity index (χ0n) is 13.7. The maximum Gasteiger partial charge on any atom is 0.176 e. The number of hydrogen-bond acceptors (Lipinski definition) is 3.